The first-order valence-corrected chi connectivity index (χ1v) is 6.03. The molecule has 0 saturated heterocycles. The number of fused-ring (bicyclic) bond motifs is 3. The van der Waals surface area contributed by atoms with E-state index in [4.69, 9.17) is 5.26 Å². The van der Waals surface area contributed by atoms with E-state index in [9.17, 15) is 4.79 Å². The van der Waals surface area contributed by atoms with Crippen molar-refractivity contribution in [3.05, 3.63) is 34.9 Å². The lowest BCUT2D eigenvalue weighted by Crippen LogP contribution is -2.43. The molecule has 4 nitrogen and oxygen atoms in total. The predicted octanol–water partition coefficient (Wildman–Crippen LogP) is 1.73. The van der Waals surface area contributed by atoms with Crippen LogP contribution in [0.15, 0.2) is 23.3 Å². The summed E-state index contributed by atoms with van der Waals surface area (Å²) in [6, 6.07) is 7.84. The van der Waals surface area contributed by atoms with Crippen LogP contribution in [0.3, 0.4) is 0 Å². The highest BCUT2D eigenvalue weighted by Crippen LogP contribution is 2.40. The van der Waals surface area contributed by atoms with Gasteiger partial charge in [-0.3, -0.25) is 4.79 Å². The van der Waals surface area contributed by atoms with Gasteiger partial charge < -0.3 is 0 Å². The Hall–Kier alpha value is -2.15. The summed E-state index contributed by atoms with van der Waals surface area (Å²) in [4.78, 5) is 11.5. The number of nitrogens with zero attached hydrogens (tertiary/aromatic N) is 2. The first-order valence-electron chi connectivity index (χ1n) is 6.03. The standard InChI is InChI=1S/C14H13N3O/c1-14-5-4-10-6-9(8-15)2-3-11(10)13(14)17-16-12(18)7-14/h2-3,6H,4-5,7H2,1H3,(H,16,18). The van der Waals surface area contributed by atoms with Crippen LogP contribution in [0.4, 0.5) is 0 Å². The van der Waals surface area contributed by atoms with Gasteiger partial charge in [0.25, 0.3) is 0 Å². The van der Waals surface area contributed by atoms with Gasteiger partial charge in [0.1, 0.15) is 0 Å². The third kappa shape index (κ3) is 1.52. The van der Waals surface area contributed by atoms with Gasteiger partial charge in [0, 0.05) is 17.4 Å². The molecule has 1 aliphatic carbocycles. The zero-order valence-corrected chi connectivity index (χ0v) is 10.2. The van der Waals surface area contributed by atoms with Crippen LogP contribution in [0, 0.1) is 16.7 Å². The van der Waals surface area contributed by atoms with Crippen molar-refractivity contribution in [1.82, 2.24) is 5.43 Å². The Balaban J connectivity index is 2.14. The number of carbonyl (C=O) groups excluding carboxylic acids is 1. The fourth-order valence-electron chi connectivity index (χ4n) is 2.83. The SMILES string of the molecule is CC12CCc3cc(C#N)ccc3C1=NNC(=O)C2. The van der Waals surface area contributed by atoms with Crippen LogP contribution in [0.2, 0.25) is 0 Å². The number of aryl methyl sites for hydroxylation is 1. The highest BCUT2D eigenvalue weighted by Gasteiger charge is 2.40. The third-order valence-corrected chi connectivity index (χ3v) is 3.85. The lowest BCUT2D eigenvalue weighted by atomic mass is 9.68. The molecule has 2 aliphatic rings. The second kappa shape index (κ2) is 3.67. The number of hydrazone groups is 1. The lowest BCUT2D eigenvalue weighted by Gasteiger charge is -2.38. The van der Waals surface area contributed by atoms with Crippen molar-refractivity contribution >= 4 is 11.6 Å². The van der Waals surface area contributed by atoms with Gasteiger partial charge in [-0.05, 0) is 30.5 Å². The first-order chi connectivity index (χ1) is 8.62. The van der Waals surface area contributed by atoms with Crippen LogP contribution in [0.25, 0.3) is 0 Å². The second-order valence-corrected chi connectivity index (χ2v) is 5.22. The van der Waals surface area contributed by atoms with Crippen LogP contribution in [-0.4, -0.2) is 11.6 Å². The molecule has 1 amide bonds. The predicted molar refractivity (Wildman–Crippen MR) is 66.9 cm³/mol. The molecule has 18 heavy (non-hydrogen) atoms. The van der Waals surface area contributed by atoms with Gasteiger partial charge in [-0.25, -0.2) is 5.43 Å². The Morgan fingerprint density at radius 3 is 3.11 bits per heavy atom. The minimum atomic E-state index is -0.163. The van der Waals surface area contributed by atoms with Gasteiger partial charge in [-0.2, -0.15) is 10.4 Å². The van der Waals surface area contributed by atoms with E-state index in [1.165, 1.54) is 0 Å². The maximum Gasteiger partial charge on any atom is 0.241 e. The largest absolute Gasteiger partial charge is 0.273 e. The first kappa shape index (κ1) is 11.0. The molecule has 4 heteroatoms. The fourth-order valence-corrected chi connectivity index (χ4v) is 2.83. The summed E-state index contributed by atoms with van der Waals surface area (Å²) in [5.74, 6) is -0.0154. The van der Waals surface area contributed by atoms with Crippen LogP contribution < -0.4 is 5.43 Å². The zero-order chi connectivity index (χ0) is 12.8. The Bertz CT molecular complexity index is 612. The van der Waals surface area contributed by atoms with E-state index in [0.29, 0.717) is 12.0 Å². The number of carbonyl (C=O) groups is 1. The van der Waals surface area contributed by atoms with E-state index in [0.717, 1.165) is 29.7 Å². The number of nitrogens with one attached hydrogen (secondary N) is 1. The molecular weight excluding hydrogens is 226 g/mol. The Morgan fingerprint density at radius 1 is 1.50 bits per heavy atom. The van der Waals surface area contributed by atoms with E-state index in [1.54, 1.807) is 0 Å². The Labute approximate surface area is 105 Å². The van der Waals surface area contributed by atoms with Gasteiger partial charge in [0.2, 0.25) is 5.91 Å². The monoisotopic (exact) mass is 239 g/mol. The molecule has 1 atom stereocenters. The summed E-state index contributed by atoms with van der Waals surface area (Å²) in [5, 5.41) is 13.2. The van der Waals surface area contributed by atoms with Gasteiger partial charge in [0.15, 0.2) is 0 Å². The summed E-state index contributed by atoms with van der Waals surface area (Å²) in [6.45, 7) is 2.09. The van der Waals surface area contributed by atoms with E-state index in [2.05, 4.69) is 23.5 Å². The summed E-state index contributed by atoms with van der Waals surface area (Å²) < 4.78 is 0. The van der Waals surface area contributed by atoms with E-state index in [1.807, 2.05) is 18.2 Å². The molecule has 0 bridgehead atoms. The van der Waals surface area contributed by atoms with E-state index >= 15 is 0 Å². The van der Waals surface area contributed by atoms with Gasteiger partial charge in [-0.15, -0.1) is 0 Å². The highest BCUT2D eigenvalue weighted by molar-refractivity contribution is 6.10. The molecule has 0 radical (unpaired) electrons. The molecule has 0 spiro atoms. The average molecular weight is 239 g/mol. The average Bonchev–Trinajstić information content (AvgIpc) is 2.36. The number of hydrogen-bond acceptors (Lipinski definition) is 3. The van der Waals surface area contributed by atoms with Gasteiger partial charge >= 0.3 is 0 Å². The topological polar surface area (TPSA) is 65.2 Å². The van der Waals surface area contributed by atoms with Crippen LogP contribution in [-0.2, 0) is 11.2 Å². The summed E-state index contributed by atoms with van der Waals surface area (Å²) >= 11 is 0. The van der Waals surface area contributed by atoms with E-state index < -0.39 is 0 Å². The molecule has 90 valence electrons. The molecule has 0 aromatic heterocycles. The molecule has 1 N–H and O–H groups in total. The van der Waals surface area contributed by atoms with Gasteiger partial charge in [0.05, 0.1) is 17.3 Å². The lowest BCUT2D eigenvalue weighted by molar-refractivity contribution is -0.123. The fraction of sp³-hybridized carbons (Fsp3) is 0.357. The quantitative estimate of drug-likeness (QED) is 0.749. The second-order valence-electron chi connectivity index (χ2n) is 5.22. The minimum Gasteiger partial charge on any atom is -0.273 e. The molecule has 0 fully saturated rings. The Morgan fingerprint density at radius 2 is 2.33 bits per heavy atom. The molecule has 1 aliphatic heterocycles. The minimum absolute atomic E-state index is 0.0154. The van der Waals surface area contributed by atoms with Crippen molar-refractivity contribution in [2.24, 2.45) is 10.5 Å². The molecule has 3 rings (SSSR count). The van der Waals surface area contributed by atoms with Crippen molar-refractivity contribution in [3.8, 4) is 6.07 Å². The summed E-state index contributed by atoms with van der Waals surface area (Å²) in [7, 11) is 0. The smallest absolute Gasteiger partial charge is 0.241 e. The summed E-state index contributed by atoms with van der Waals surface area (Å²) in [5.41, 5.74) is 6.25. The van der Waals surface area contributed by atoms with Crippen molar-refractivity contribution < 1.29 is 4.79 Å². The van der Waals surface area contributed by atoms with Crippen molar-refractivity contribution in [3.63, 3.8) is 0 Å². The number of nitriles is 1. The number of benzene rings is 1. The van der Waals surface area contributed by atoms with Gasteiger partial charge in [-0.1, -0.05) is 13.0 Å². The number of amides is 1. The third-order valence-electron chi connectivity index (χ3n) is 3.85. The maximum absolute atomic E-state index is 11.5. The molecule has 0 saturated carbocycles. The maximum atomic E-state index is 11.5. The molecule has 1 aromatic carbocycles. The molecule has 1 heterocycles. The molecular formula is C14H13N3O. The van der Waals surface area contributed by atoms with E-state index in [-0.39, 0.29) is 11.3 Å². The van der Waals surface area contributed by atoms with Crippen molar-refractivity contribution in [2.75, 3.05) is 0 Å². The van der Waals surface area contributed by atoms with Crippen LogP contribution in [0.5, 0.6) is 0 Å². The normalized spacial score (nSPS) is 25.3. The number of hydrogen-bond donors (Lipinski definition) is 1. The van der Waals surface area contributed by atoms with Crippen molar-refractivity contribution in [2.45, 2.75) is 26.2 Å². The van der Waals surface area contributed by atoms with Crippen LogP contribution in [0.1, 0.15) is 36.5 Å². The molecule has 1 unspecified atom stereocenters. The number of rotatable bonds is 0. The zero-order valence-electron chi connectivity index (χ0n) is 10.2. The molecule has 1 aromatic rings. The highest BCUT2D eigenvalue weighted by atomic mass is 16.2. The Kier molecular flexibility index (Phi) is 2.24. The van der Waals surface area contributed by atoms with Crippen LogP contribution >= 0.6 is 0 Å². The van der Waals surface area contributed by atoms with Crippen molar-refractivity contribution in [1.29, 1.82) is 5.26 Å². The summed E-state index contributed by atoms with van der Waals surface area (Å²) in [6.07, 6.45) is 2.29.